The van der Waals surface area contributed by atoms with Crippen molar-refractivity contribution in [2.45, 2.75) is 63.4 Å². The Bertz CT molecular complexity index is 1440. The van der Waals surface area contributed by atoms with E-state index < -0.39 is 5.60 Å². The van der Waals surface area contributed by atoms with E-state index >= 15 is 0 Å². The monoisotopic (exact) mass is 534 g/mol. The average molecular weight is 535 g/mol. The molecule has 2 saturated carbocycles. The van der Waals surface area contributed by atoms with Crippen LogP contribution < -0.4 is 9.80 Å². The predicted octanol–water partition coefficient (Wildman–Crippen LogP) is 6.50. The second kappa shape index (κ2) is 9.96. The van der Waals surface area contributed by atoms with Gasteiger partial charge in [-0.3, -0.25) is 4.79 Å². The SMILES string of the molecule is CN(C)c1ccc(C#C[C@]2(O)CC[C@H]3[C@@H]4CCC5=CC(=O)CCC5=C4[C@@H](c4ccc(N(C)C)cc4)C[C@@]32C)cc1. The summed E-state index contributed by atoms with van der Waals surface area (Å²) in [4.78, 5) is 16.6. The van der Waals surface area contributed by atoms with Crippen LogP contribution in [0.4, 0.5) is 11.4 Å². The molecule has 4 nitrogen and oxygen atoms in total. The highest BCUT2D eigenvalue weighted by molar-refractivity contribution is 5.93. The van der Waals surface area contributed by atoms with E-state index in [2.05, 4.69) is 91.2 Å². The minimum absolute atomic E-state index is 0.222. The van der Waals surface area contributed by atoms with Crippen LogP contribution in [-0.2, 0) is 4.79 Å². The first-order valence-corrected chi connectivity index (χ1v) is 14.9. The number of aliphatic hydroxyl groups is 1. The van der Waals surface area contributed by atoms with E-state index in [1.54, 1.807) is 5.57 Å². The molecule has 0 radical (unpaired) electrons. The fraction of sp³-hybridized carbons (Fsp3) is 0.472. The van der Waals surface area contributed by atoms with Crippen molar-refractivity contribution in [1.29, 1.82) is 0 Å². The molecule has 6 rings (SSSR count). The van der Waals surface area contributed by atoms with Crippen molar-refractivity contribution in [2.75, 3.05) is 38.0 Å². The van der Waals surface area contributed by atoms with Crippen LogP contribution in [0.25, 0.3) is 0 Å². The molecule has 0 spiro atoms. The molecule has 208 valence electrons. The number of nitrogens with zero attached hydrogens (tertiary/aromatic N) is 2. The zero-order valence-electron chi connectivity index (χ0n) is 24.6. The molecule has 2 aromatic rings. The molecular weight excluding hydrogens is 492 g/mol. The molecule has 0 saturated heterocycles. The van der Waals surface area contributed by atoms with Crippen LogP contribution >= 0.6 is 0 Å². The molecule has 4 heteroatoms. The Balaban J connectivity index is 1.42. The molecule has 40 heavy (non-hydrogen) atoms. The minimum Gasteiger partial charge on any atom is -0.378 e. The molecule has 2 aromatic carbocycles. The first kappa shape index (κ1) is 26.9. The summed E-state index contributed by atoms with van der Waals surface area (Å²) >= 11 is 0. The van der Waals surface area contributed by atoms with Gasteiger partial charge in [0.2, 0.25) is 0 Å². The lowest BCUT2D eigenvalue weighted by Crippen LogP contribution is -2.51. The Kier molecular flexibility index (Phi) is 6.70. The fourth-order valence-electron chi connectivity index (χ4n) is 8.19. The van der Waals surface area contributed by atoms with E-state index in [0.29, 0.717) is 24.7 Å². The number of carbonyl (C=O) groups excluding carboxylic acids is 1. The van der Waals surface area contributed by atoms with Crippen molar-refractivity contribution in [3.63, 3.8) is 0 Å². The summed E-state index contributed by atoms with van der Waals surface area (Å²) in [7, 11) is 8.22. The fourth-order valence-corrected chi connectivity index (χ4v) is 8.19. The molecule has 0 unspecified atom stereocenters. The second-order valence-corrected chi connectivity index (χ2v) is 13.1. The lowest BCUT2D eigenvalue weighted by molar-refractivity contribution is -0.114. The number of hydrogen-bond acceptors (Lipinski definition) is 4. The Morgan fingerprint density at radius 1 is 0.875 bits per heavy atom. The molecule has 0 heterocycles. The van der Waals surface area contributed by atoms with Crippen molar-refractivity contribution in [3.05, 3.63) is 82.5 Å². The van der Waals surface area contributed by atoms with Crippen LogP contribution in [0.2, 0.25) is 0 Å². The Hall–Kier alpha value is -3.29. The van der Waals surface area contributed by atoms with E-state index in [9.17, 15) is 9.90 Å². The normalized spacial score (nSPS) is 30.9. The third kappa shape index (κ3) is 4.40. The van der Waals surface area contributed by atoms with E-state index in [0.717, 1.165) is 43.4 Å². The molecule has 4 aliphatic carbocycles. The maximum Gasteiger partial charge on any atom is 0.156 e. The predicted molar refractivity (Wildman–Crippen MR) is 164 cm³/mol. The number of anilines is 2. The van der Waals surface area contributed by atoms with Crippen molar-refractivity contribution in [2.24, 2.45) is 17.3 Å². The summed E-state index contributed by atoms with van der Waals surface area (Å²) in [6.45, 7) is 2.31. The van der Waals surface area contributed by atoms with Gasteiger partial charge in [-0.05, 0) is 110 Å². The van der Waals surface area contributed by atoms with E-state index in [-0.39, 0.29) is 17.1 Å². The number of carbonyl (C=O) groups is 1. The van der Waals surface area contributed by atoms with Gasteiger partial charge in [-0.25, -0.2) is 0 Å². The zero-order chi connectivity index (χ0) is 28.2. The lowest BCUT2D eigenvalue weighted by Gasteiger charge is -2.53. The Labute approximate surface area is 239 Å². The molecule has 2 fully saturated rings. The number of allylic oxidation sites excluding steroid dienone is 4. The van der Waals surface area contributed by atoms with Gasteiger partial charge in [0, 0.05) is 62.9 Å². The van der Waals surface area contributed by atoms with Gasteiger partial charge < -0.3 is 14.9 Å². The number of ketones is 1. The van der Waals surface area contributed by atoms with Gasteiger partial charge in [0.25, 0.3) is 0 Å². The standard InChI is InChI=1S/C36H42N2O2/c1-35-23-32(25-8-13-28(14-9-25)38(4)5)34-30-17-15-29(39)22-26(30)10-16-31(34)33(35)19-21-36(35,40)20-18-24-6-11-27(12-7-24)37(2)3/h6-9,11-14,22,31-33,40H,10,15-17,19,21,23H2,1-5H3/t31-,32+,33-,35-,36-/m0/s1. The highest BCUT2D eigenvalue weighted by Gasteiger charge is 2.62. The van der Waals surface area contributed by atoms with Crippen molar-refractivity contribution >= 4 is 17.2 Å². The summed E-state index contributed by atoms with van der Waals surface area (Å²) in [5.41, 5.74) is 7.52. The quantitative estimate of drug-likeness (QED) is 0.457. The van der Waals surface area contributed by atoms with Gasteiger partial charge in [0.15, 0.2) is 5.78 Å². The lowest BCUT2D eigenvalue weighted by atomic mass is 9.51. The molecule has 0 amide bonds. The number of benzene rings is 2. The summed E-state index contributed by atoms with van der Waals surface area (Å²) in [5, 5.41) is 12.3. The molecule has 5 atom stereocenters. The van der Waals surface area contributed by atoms with Gasteiger partial charge in [-0.15, -0.1) is 0 Å². The first-order chi connectivity index (χ1) is 19.1. The van der Waals surface area contributed by atoms with Gasteiger partial charge in [-0.1, -0.05) is 36.5 Å². The van der Waals surface area contributed by atoms with Gasteiger partial charge in [0.1, 0.15) is 5.60 Å². The molecule has 0 aliphatic heterocycles. The third-order valence-corrected chi connectivity index (χ3v) is 10.5. The molecule has 0 bridgehead atoms. The van der Waals surface area contributed by atoms with Crippen molar-refractivity contribution < 1.29 is 9.90 Å². The molecule has 4 aliphatic rings. The second-order valence-electron chi connectivity index (χ2n) is 13.1. The van der Waals surface area contributed by atoms with Crippen molar-refractivity contribution in [3.8, 4) is 11.8 Å². The average Bonchev–Trinajstić information content (AvgIpc) is 3.21. The van der Waals surface area contributed by atoms with Gasteiger partial charge in [0.05, 0.1) is 0 Å². The zero-order valence-corrected chi connectivity index (χ0v) is 24.6. The summed E-state index contributed by atoms with van der Waals surface area (Å²) in [6.07, 6.45) is 8.01. The van der Waals surface area contributed by atoms with E-state index in [1.807, 2.05) is 20.2 Å². The van der Waals surface area contributed by atoms with E-state index in [1.165, 1.54) is 22.4 Å². The van der Waals surface area contributed by atoms with E-state index in [4.69, 9.17) is 0 Å². The van der Waals surface area contributed by atoms with Crippen LogP contribution in [0, 0.1) is 29.1 Å². The minimum atomic E-state index is -1.03. The maximum atomic E-state index is 12.3. The first-order valence-electron chi connectivity index (χ1n) is 14.9. The van der Waals surface area contributed by atoms with Crippen LogP contribution in [0.15, 0.2) is 71.3 Å². The Morgan fingerprint density at radius 2 is 1.52 bits per heavy atom. The summed E-state index contributed by atoms with van der Waals surface area (Å²) < 4.78 is 0. The maximum absolute atomic E-state index is 12.3. The summed E-state index contributed by atoms with van der Waals surface area (Å²) in [6, 6.07) is 17.3. The molecule has 0 aromatic heterocycles. The smallest absolute Gasteiger partial charge is 0.156 e. The largest absolute Gasteiger partial charge is 0.378 e. The van der Waals surface area contributed by atoms with Crippen molar-refractivity contribution in [1.82, 2.24) is 0 Å². The number of fused-ring (bicyclic) bond motifs is 4. The third-order valence-electron chi connectivity index (χ3n) is 10.5. The van der Waals surface area contributed by atoms with Gasteiger partial charge in [-0.2, -0.15) is 0 Å². The van der Waals surface area contributed by atoms with Crippen LogP contribution in [0.5, 0.6) is 0 Å². The Morgan fingerprint density at radius 3 is 2.17 bits per heavy atom. The number of hydrogen-bond donors (Lipinski definition) is 1. The van der Waals surface area contributed by atoms with Crippen LogP contribution in [-0.4, -0.2) is 44.7 Å². The summed E-state index contributed by atoms with van der Waals surface area (Å²) in [5.74, 6) is 8.10. The van der Waals surface area contributed by atoms with Crippen LogP contribution in [0.3, 0.4) is 0 Å². The van der Waals surface area contributed by atoms with Gasteiger partial charge >= 0.3 is 0 Å². The van der Waals surface area contributed by atoms with Crippen LogP contribution in [0.1, 0.15) is 68.9 Å². The number of rotatable bonds is 3. The molecular formula is C36H42N2O2. The topological polar surface area (TPSA) is 43.8 Å². The molecule has 1 N–H and O–H groups in total. The highest BCUT2D eigenvalue weighted by atomic mass is 16.3. The highest BCUT2D eigenvalue weighted by Crippen LogP contribution is 2.66.